The van der Waals surface area contributed by atoms with Gasteiger partial charge in [0.2, 0.25) is 0 Å². The van der Waals surface area contributed by atoms with Crippen LogP contribution in [0.5, 0.6) is 0 Å². The summed E-state index contributed by atoms with van der Waals surface area (Å²) in [7, 11) is 0. The molecule has 3 amide bonds. The number of carbonyl (C=O) groups is 5. The summed E-state index contributed by atoms with van der Waals surface area (Å²) in [6.07, 6.45) is -0.00773. The summed E-state index contributed by atoms with van der Waals surface area (Å²) in [6, 6.07) is -3.78. The van der Waals surface area contributed by atoms with E-state index in [1.54, 1.807) is 0 Å². The lowest BCUT2D eigenvalue weighted by molar-refractivity contribution is -0.140. The van der Waals surface area contributed by atoms with Crippen LogP contribution in [0.1, 0.15) is 32.1 Å². The van der Waals surface area contributed by atoms with Crippen LogP contribution in [0.15, 0.2) is 5.16 Å². The third-order valence-electron chi connectivity index (χ3n) is 3.38. The molecular formula is C15H24N4O9. The topological polar surface area (TPSA) is 204 Å². The number of aliphatic carboxylic acids is 3. The lowest BCUT2D eigenvalue weighted by atomic mass is 10.1. The Morgan fingerprint density at radius 3 is 2.00 bits per heavy atom. The maximum absolute atomic E-state index is 11.8. The Morgan fingerprint density at radius 2 is 1.50 bits per heavy atom. The molecule has 0 bridgehead atoms. The fourth-order valence-corrected chi connectivity index (χ4v) is 2.00. The molecule has 0 heterocycles. The Labute approximate surface area is 160 Å². The van der Waals surface area contributed by atoms with Gasteiger partial charge in [-0.25, -0.2) is 14.4 Å². The van der Waals surface area contributed by atoms with Crippen molar-refractivity contribution in [3.05, 3.63) is 0 Å². The van der Waals surface area contributed by atoms with E-state index in [-0.39, 0.29) is 26.0 Å². The van der Waals surface area contributed by atoms with Gasteiger partial charge in [0, 0.05) is 19.7 Å². The zero-order valence-electron chi connectivity index (χ0n) is 15.0. The quantitative estimate of drug-likeness (QED) is 0.112. The van der Waals surface area contributed by atoms with Gasteiger partial charge in [-0.2, -0.15) is 0 Å². The molecule has 0 aromatic heterocycles. The van der Waals surface area contributed by atoms with E-state index in [4.69, 9.17) is 15.3 Å². The van der Waals surface area contributed by atoms with Crippen molar-refractivity contribution in [1.82, 2.24) is 16.0 Å². The van der Waals surface area contributed by atoms with Crippen LogP contribution in [0.3, 0.4) is 0 Å². The molecule has 2 atom stereocenters. The molecule has 158 valence electrons. The average Bonchev–Trinajstić information content (AvgIpc) is 2.61. The summed E-state index contributed by atoms with van der Waals surface area (Å²) < 4.78 is 0. The number of nitrogens with zero attached hydrogens (tertiary/aromatic N) is 1. The molecule has 0 aliphatic heterocycles. The van der Waals surface area contributed by atoms with Crippen LogP contribution in [-0.4, -0.2) is 77.1 Å². The zero-order valence-corrected chi connectivity index (χ0v) is 15.0. The van der Waals surface area contributed by atoms with E-state index in [1.807, 2.05) is 5.32 Å². The minimum Gasteiger partial charge on any atom is -0.481 e. The molecule has 0 aromatic carbocycles. The highest BCUT2D eigenvalue weighted by atomic mass is 16.6. The smallest absolute Gasteiger partial charge is 0.326 e. The van der Waals surface area contributed by atoms with Gasteiger partial charge >= 0.3 is 23.9 Å². The van der Waals surface area contributed by atoms with Gasteiger partial charge in [0.05, 0.1) is 0 Å². The molecule has 13 nitrogen and oxygen atoms in total. The first-order valence-electron chi connectivity index (χ1n) is 8.26. The Kier molecular flexibility index (Phi) is 12.1. The molecule has 0 saturated carbocycles. The molecule has 0 rings (SSSR count). The zero-order chi connectivity index (χ0) is 21.5. The van der Waals surface area contributed by atoms with E-state index in [1.165, 1.54) is 0 Å². The normalized spacial score (nSPS) is 12.1. The number of hydrogen-bond acceptors (Lipinski definition) is 7. The molecule has 2 unspecified atom stereocenters. The van der Waals surface area contributed by atoms with Gasteiger partial charge in [-0.3, -0.25) is 9.59 Å². The lowest BCUT2D eigenvalue weighted by Crippen LogP contribution is -2.51. The highest BCUT2D eigenvalue weighted by molar-refractivity contribution is 5.86. The first kappa shape index (κ1) is 24.6. The third-order valence-corrected chi connectivity index (χ3v) is 3.38. The molecule has 0 fully saturated rings. The molecule has 28 heavy (non-hydrogen) atoms. The number of nitrogens with one attached hydrogen (secondary N) is 3. The second kappa shape index (κ2) is 13.8. The van der Waals surface area contributed by atoms with Gasteiger partial charge in [0.1, 0.15) is 12.1 Å². The first-order chi connectivity index (χ1) is 13.2. The van der Waals surface area contributed by atoms with Gasteiger partial charge in [0.25, 0.3) is 5.91 Å². The van der Waals surface area contributed by atoms with Crippen molar-refractivity contribution >= 4 is 36.6 Å². The third kappa shape index (κ3) is 12.1. The summed E-state index contributed by atoms with van der Waals surface area (Å²) in [4.78, 5) is 60.2. The molecule has 0 aliphatic rings. The predicted octanol–water partition coefficient (Wildman–Crippen LogP) is -1.02. The van der Waals surface area contributed by atoms with Crippen molar-refractivity contribution in [3.8, 4) is 0 Å². The highest BCUT2D eigenvalue weighted by Gasteiger charge is 2.24. The number of oxime groups is 1. The number of rotatable bonds is 15. The molecule has 0 aromatic rings. The molecule has 13 heteroatoms. The van der Waals surface area contributed by atoms with Gasteiger partial charge < -0.3 is 36.1 Å². The largest absolute Gasteiger partial charge is 0.481 e. The van der Waals surface area contributed by atoms with Crippen LogP contribution in [0.2, 0.25) is 0 Å². The van der Waals surface area contributed by atoms with Gasteiger partial charge in [0.15, 0.2) is 6.61 Å². The SMILES string of the molecule is C=NOCC(=O)NCCCCC(NC(=O)NC(CCC(=O)O)C(=O)O)C(=O)O. The Hall–Kier alpha value is -3.38. The van der Waals surface area contributed by atoms with Crippen LogP contribution in [0.4, 0.5) is 4.79 Å². The highest BCUT2D eigenvalue weighted by Crippen LogP contribution is 2.03. The van der Waals surface area contributed by atoms with E-state index in [0.717, 1.165) is 0 Å². The number of carboxylic acids is 3. The van der Waals surface area contributed by atoms with E-state index in [9.17, 15) is 24.0 Å². The maximum atomic E-state index is 11.8. The summed E-state index contributed by atoms with van der Waals surface area (Å²) in [5.74, 6) is -4.39. The van der Waals surface area contributed by atoms with Crippen molar-refractivity contribution in [2.75, 3.05) is 13.2 Å². The Bertz CT molecular complexity index is 582. The van der Waals surface area contributed by atoms with Crippen LogP contribution in [0, 0.1) is 0 Å². The summed E-state index contributed by atoms with van der Waals surface area (Å²) in [6.45, 7) is 3.02. The first-order valence-corrected chi connectivity index (χ1v) is 8.26. The monoisotopic (exact) mass is 404 g/mol. The summed E-state index contributed by atoms with van der Waals surface area (Å²) >= 11 is 0. The molecule has 0 spiro atoms. The van der Waals surface area contributed by atoms with Crippen LogP contribution in [-0.2, 0) is 24.0 Å². The van der Waals surface area contributed by atoms with Gasteiger partial charge in [-0.15, -0.1) is 5.16 Å². The molecular weight excluding hydrogens is 380 g/mol. The van der Waals surface area contributed by atoms with E-state index >= 15 is 0 Å². The second-order valence-corrected chi connectivity index (χ2v) is 5.58. The minimum atomic E-state index is -1.46. The fourth-order valence-electron chi connectivity index (χ4n) is 2.00. The fraction of sp³-hybridized carbons (Fsp3) is 0.600. The van der Waals surface area contributed by atoms with Gasteiger partial charge in [-0.1, -0.05) is 0 Å². The molecule has 0 radical (unpaired) electrons. The summed E-state index contributed by atoms with van der Waals surface area (Å²) in [5, 5.41) is 36.4. The number of unbranched alkanes of at least 4 members (excludes halogenated alkanes) is 1. The van der Waals surface area contributed by atoms with Crippen molar-refractivity contribution in [2.24, 2.45) is 5.16 Å². The molecule has 6 N–H and O–H groups in total. The minimum absolute atomic E-state index is 0.0379. The van der Waals surface area contributed by atoms with Crippen molar-refractivity contribution in [1.29, 1.82) is 0 Å². The van der Waals surface area contributed by atoms with Crippen molar-refractivity contribution < 1.29 is 44.1 Å². The molecule has 0 saturated heterocycles. The van der Waals surface area contributed by atoms with Crippen molar-refractivity contribution in [2.45, 2.75) is 44.2 Å². The number of carboxylic acid groups (broad SMARTS) is 3. The molecule has 0 aliphatic carbocycles. The Morgan fingerprint density at radius 1 is 0.929 bits per heavy atom. The average molecular weight is 404 g/mol. The van der Waals surface area contributed by atoms with E-state index in [2.05, 4.69) is 27.3 Å². The number of hydrogen-bond donors (Lipinski definition) is 6. The number of urea groups is 1. The predicted molar refractivity (Wildman–Crippen MR) is 93.7 cm³/mol. The van der Waals surface area contributed by atoms with E-state index < -0.39 is 48.4 Å². The maximum Gasteiger partial charge on any atom is 0.326 e. The number of carbonyl (C=O) groups excluding carboxylic acids is 2. The Balaban J connectivity index is 4.33. The van der Waals surface area contributed by atoms with E-state index in [0.29, 0.717) is 12.8 Å². The standard InChI is InChI=1S/C15H24N4O9/c1-16-28-8-11(20)17-7-3-2-4-9(13(23)24)18-15(27)19-10(14(25)26)5-6-12(21)22/h9-10H,1-8H2,(H,17,20)(H,21,22)(H,23,24)(H,25,26)(H2,18,19,27). The summed E-state index contributed by atoms with van der Waals surface area (Å²) in [5.41, 5.74) is 0. The van der Waals surface area contributed by atoms with Gasteiger partial charge in [-0.05, 0) is 25.7 Å². The second-order valence-electron chi connectivity index (χ2n) is 5.58. The lowest BCUT2D eigenvalue weighted by Gasteiger charge is -2.18. The number of amides is 3. The van der Waals surface area contributed by atoms with Crippen LogP contribution in [0.25, 0.3) is 0 Å². The van der Waals surface area contributed by atoms with Crippen molar-refractivity contribution in [3.63, 3.8) is 0 Å². The van der Waals surface area contributed by atoms with Crippen LogP contribution >= 0.6 is 0 Å². The van der Waals surface area contributed by atoms with Crippen LogP contribution < -0.4 is 16.0 Å².